The summed E-state index contributed by atoms with van der Waals surface area (Å²) in [5, 5.41) is 0.300. The van der Waals surface area contributed by atoms with Crippen LogP contribution in [0.1, 0.15) is 48.1 Å². The molecule has 1 fully saturated rings. The largest absolute Gasteiger partial charge is 0.497 e. The maximum absolute atomic E-state index is 14.8. The van der Waals surface area contributed by atoms with Crippen molar-refractivity contribution in [3.63, 3.8) is 0 Å². The SMILES string of the molecule is COc1ccc([C@@H]2[C@H](C(=O)c3ccccc3Cl)N3c4ccccc4C=C[C@@H]3C23C(=O)c2ccccc2C3=O)c(OC)c1. The summed E-state index contributed by atoms with van der Waals surface area (Å²) >= 11 is 6.62. The number of halogens is 1. The van der Waals surface area contributed by atoms with Crippen molar-refractivity contribution in [2.45, 2.75) is 18.0 Å². The van der Waals surface area contributed by atoms with Gasteiger partial charge in [0.1, 0.15) is 23.0 Å². The number of fused-ring (bicyclic) bond motifs is 5. The van der Waals surface area contributed by atoms with Crippen LogP contribution in [0.15, 0.2) is 97.1 Å². The fourth-order valence-electron chi connectivity index (χ4n) is 7.16. The molecule has 1 saturated heterocycles. The number of ether oxygens (including phenoxy) is 2. The average molecular weight is 576 g/mol. The number of benzene rings is 4. The highest BCUT2D eigenvalue weighted by Crippen LogP contribution is 2.62. The molecule has 0 bridgehead atoms. The molecule has 3 atom stereocenters. The van der Waals surface area contributed by atoms with E-state index in [0.29, 0.717) is 38.8 Å². The number of Topliss-reactive ketones (excluding diaryl/α,β-unsaturated/α-hetero) is 3. The monoisotopic (exact) mass is 575 g/mol. The molecular formula is C35H26ClNO5. The molecule has 0 saturated carbocycles. The predicted molar refractivity (Wildman–Crippen MR) is 161 cm³/mol. The van der Waals surface area contributed by atoms with E-state index in [9.17, 15) is 14.4 Å². The lowest BCUT2D eigenvalue weighted by atomic mass is 9.64. The van der Waals surface area contributed by atoms with Crippen LogP contribution in [-0.2, 0) is 0 Å². The Morgan fingerprint density at radius 3 is 2.19 bits per heavy atom. The maximum Gasteiger partial charge on any atom is 0.187 e. The molecule has 0 amide bonds. The van der Waals surface area contributed by atoms with E-state index < -0.39 is 23.4 Å². The van der Waals surface area contributed by atoms with Crippen molar-refractivity contribution in [3.05, 3.63) is 130 Å². The zero-order chi connectivity index (χ0) is 29.2. The summed E-state index contributed by atoms with van der Waals surface area (Å²) in [5.74, 6) is -0.849. The van der Waals surface area contributed by atoms with Gasteiger partial charge >= 0.3 is 0 Å². The van der Waals surface area contributed by atoms with Crippen LogP contribution >= 0.6 is 11.6 Å². The lowest BCUT2D eigenvalue weighted by Gasteiger charge is -2.37. The minimum Gasteiger partial charge on any atom is -0.497 e. The molecular weight excluding hydrogens is 550 g/mol. The topological polar surface area (TPSA) is 72.9 Å². The molecule has 2 heterocycles. The molecule has 7 heteroatoms. The van der Waals surface area contributed by atoms with Crippen LogP contribution in [0.25, 0.3) is 6.08 Å². The first-order valence-electron chi connectivity index (χ1n) is 13.7. The van der Waals surface area contributed by atoms with Gasteiger partial charge in [-0.3, -0.25) is 14.4 Å². The third kappa shape index (κ3) is 3.42. The van der Waals surface area contributed by atoms with Crippen molar-refractivity contribution in [3.8, 4) is 11.5 Å². The molecule has 4 aromatic carbocycles. The number of ketones is 3. The summed E-state index contributed by atoms with van der Waals surface area (Å²) in [6.07, 6.45) is 3.83. The first-order chi connectivity index (χ1) is 20.4. The highest BCUT2D eigenvalue weighted by Gasteiger charge is 2.72. The third-order valence-corrected chi connectivity index (χ3v) is 9.23. The van der Waals surface area contributed by atoms with Crippen LogP contribution in [-0.4, -0.2) is 43.7 Å². The van der Waals surface area contributed by atoms with Crippen molar-refractivity contribution >= 4 is 40.7 Å². The zero-order valence-corrected chi connectivity index (χ0v) is 23.7. The molecule has 3 aliphatic rings. The van der Waals surface area contributed by atoms with E-state index >= 15 is 0 Å². The van der Waals surface area contributed by atoms with Crippen molar-refractivity contribution < 1.29 is 23.9 Å². The third-order valence-electron chi connectivity index (χ3n) is 8.90. The van der Waals surface area contributed by atoms with Crippen LogP contribution in [0.4, 0.5) is 5.69 Å². The van der Waals surface area contributed by atoms with Gasteiger partial charge in [-0.05, 0) is 29.8 Å². The lowest BCUT2D eigenvalue weighted by Crippen LogP contribution is -2.48. The van der Waals surface area contributed by atoms with Crippen LogP contribution in [0.2, 0.25) is 5.02 Å². The van der Waals surface area contributed by atoms with Crippen LogP contribution in [0.5, 0.6) is 11.5 Å². The number of methoxy groups -OCH3 is 2. The molecule has 0 N–H and O–H groups in total. The Balaban J connectivity index is 1.58. The molecule has 6 nitrogen and oxygen atoms in total. The zero-order valence-electron chi connectivity index (χ0n) is 22.9. The highest BCUT2D eigenvalue weighted by atomic mass is 35.5. The summed E-state index contributed by atoms with van der Waals surface area (Å²) in [5.41, 5.74) is 1.62. The fraction of sp³-hybridized carbons (Fsp3) is 0.171. The van der Waals surface area contributed by atoms with E-state index in [4.69, 9.17) is 21.1 Å². The van der Waals surface area contributed by atoms with Gasteiger partial charge in [0.05, 0.1) is 25.3 Å². The molecule has 2 aliphatic heterocycles. The molecule has 1 spiro atoms. The van der Waals surface area contributed by atoms with Crippen molar-refractivity contribution in [2.75, 3.05) is 19.1 Å². The van der Waals surface area contributed by atoms with Crippen LogP contribution < -0.4 is 14.4 Å². The summed E-state index contributed by atoms with van der Waals surface area (Å²) in [6.45, 7) is 0. The highest BCUT2D eigenvalue weighted by molar-refractivity contribution is 6.35. The second-order valence-corrected chi connectivity index (χ2v) is 11.1. The number of anilines is 1. The van der Waals surface area contributed by atoms with Crippen LogP contribution in [0.3, 0.4) is 0 Å². The van der Waals surface area contributed by atoms with Gasteiger partial charge in [0.25, 0.3) is 0 Å². The van der Waals surface area contributed by atoms with E-state index in [1.807, 2.05) is 41.3 Å². The molecule has 7 rings (SSSR count). The van der Waals surface area contributed by atoms with Gasteiger partial charge in [-0.25, -0.2) is 0 Å². The number of carbonyl (C=O) groups excluding carboxylic acids is 3. The van der Waals surface area contributed by atoms with Crippen molar-refractivity contribution in [2.24, 2.45) is 5.41 Å². The predicted octanol–water partition coefficient (Wildman–Crippen LogP) is 6.67. The van der Waals surface area contributed by atoms with Gasteiger partial charge in [-0.2, -0.15) is 0 Å². The molecule has 4 aromatic rings. The Hall–Kier alpha value is -4.68. The second kappa shape index (κ2) is 9.71. The minimum absolute atomic E-state index is 0.285. The Labute approximate surface area is 248 Å². The van der Waals surface area contributed by atoms with Gasteiger partial charge in [-0.15, -0.1) is 0 Å². The lowest BCUT2D eigenvalue weighted by molar-refractivity contribution is 0.0665. The van der Waals surface area contributed by atoms with Gasteiger partial charge in [0.2, 0.25) is 0 Å². The van der Waals surface area contributed by atoms with Crippen molar-refractivity contribution in [1.82, 2.24) is 0 Å². The Morgan fingerprint density at radius 1 is 0.833 bits per heavy atom. The summed E-state index contributed by atoms with van der Waals surface area (Å²) < 4.78 is 11.3. The molecule has 1 aliphatic carbocycles. The number of nitrogens with zero attached hydrogens (tertiary/aromatic N) is 1. The average Bonchev–Trinajstić information content (AvgIpc) is 3.46. The number of hydrogen-bond acceptors (Lipinski definition) is 6. The van der Waals surface area contributed by atoms with Crippen molar-refractivity contribution in [1.29, 1.82) is 0 Å². The minimum atomic E-state index is -1.64. The molecule has 0 unspecified atom stereocenters. The standard InChI is InChI=1S/C35H26ClNO5/c1-41-21-16-17-25(28(19-21)42-2)30-31(32(38)24-12-6-7-13-26(24)36)37-27-14-8-3-9-20(27)15-18-29(37)35(30)33(39)22-10-4-5-11-23(22)34(35)40/h3-19,29-31H,1-2H3/t29-,30-,31-/m1/s1. The van der Waals surface area contributed by atoms with Gasteiger partial charge < -0.3 is 14.4 Å². The molecule has 0 radical (unpaired) electrons. The summed E-state index contributed by atoms with van der Waals surface area (Å²) in [4.78, 5) is 46.4. The normalized spacial score (nSPS) is 21.2. The first kappa shape index (κ1) is 26.2. The van der Waals surface area contributed by atoms with E-state index in [1.165, 1.54) is 7.11 Å². The Bertz CT molecular complexity index is 1790. The first-order valence-corrected chi connectivity index (χ1v) is 14.1. The van der Waals surface area contributed by atoms with E-state index in [1.54, 1.807) is 73.8 Å². The van der Waals surface area contributed by atoms with E-state index in [2.05, 4.69) is 0 Å². The number of rotatable bonds is 5. The number of para-hydroxylation sites is 1. The summed E-state index contributed by atoms with van der Waals surface area (Å²) in [6, 6.07) is 25.1. The number of carbonyl (C=O) groups is 3. The number of hydrogen-bond donors (Lipinski definition) is 0. The molecule has 0 aromatic heterocycles. The van der Waals surface area contributed by atoms with Crippen LogP contribution in [0, 0.1) is 5.41 Å². The van der Waals surface area contributed by atoms with E-state index in [-0.39, 0.29) is 17.3 Å². The molecule has 208 valence electrons. The van der Waals surface area contributed by atoms with Gasteiger partial charge in [-0.1, -0.05) is 84.4 Å². The van der Waals surface area contributed by atoms with Gasteiger partial charge in [0.15, 0.2) is 17.3 Å². The molecule has 42 heavy (non-hydrogen) atoms. The fourth-order valence-corrected chi connectivity index (χ4v) is 7.39. The quantitative estimate of drug-likeness (QED) is 0.195. The Morgan fingerprint density at radius 2 is 1.50 bits per heavy atom. The summed E-state index contributed by atoms with van der Waals surface area (Å²) in [7, 11) is 3.08. The van der Waals surface area contributed by atoms with E-state index in [0.717, 1.165) is 11.3 Å². The van der Waals surface area contributed by atoms with Gasteiger partial charge in [0, 0.05) is 39.9 Å². The maximum atomic E-state index is 14.8. The Kier molecular flexibility index (Phi) is 6.06. The second-order valence-electron chi connectivity index (χ2n) is 10.7. The smallest absolute Gasteiger partial charge is 0.187 e.